The van der Waals surface area contributed by atoms with Gasteiger partial charge in [-0.3, -0.25) is 0 Å². The highest BCUT2D eigenvalue weighted by molar-refractivity contribution is 6.08. The average Bonchev–Trinajstić information content (AvgIpc) is 2.93. The molecule has 0 radical (unpaired) electrons. The summed E-state index contributed by atoms with van der Waals surface area (Å²) in [4.78, 5) is 14.7. The summed E-state index contributed by atoms with van der Waals surface area (Å²) in [5.41, 5.74) is 1.80. The van der Waals surface area contributed by atoms with Crippen molar-refractivity contribution in [2.45, 2.75) is 6.61 Å². The van der Waals surface area contributed by atoms with E-state index < -0.39 is 6.03 Å². The third kappa shape index (κ3) is 2.77. The molecule has 0 saturated carbocycles. The molecule has 0 N–H and O–H groups in total. The fourth-order valence-corrected chi connectivity index (χ4v) is 1.81. The second-order valence-corrected chi connectivity index (χ2v) is 4.22. The molecule has 20 heavy (non-hydrogen) atoms. The summed E-state index contributed by atoms with van der Waals surface area (Å²) < 4.78 is 5.71. The van der Waals surface area contributed by atoms with Gasteiger partial charge < -0.3 is 4.74 Å². The maximum Gasteiger partial charge on any atom is 0.387 e. The Hall–Kier alpha value is -2.82. The fourth-order valence-electron chi connectivity index (χ4n) is 1.81. The van der Waals surface area contributed by atoms with Crippen LogP contribution >= 0.6 is 0 Å². The Morgan fingerprint density at radius 1 is 0.950 bits per heavy atom. The zero-order chi connectivity index (χ0) is 13.8. The normalized spacial score (nSPS) is 13.4. The Balaban J connectivity index is 1.74. The van der Waals surface area contributed by atoms with Gasteiger partial charge >= 0.3 is 6.03 Å². The maximum atomic E-state index is 10.9. The van der Waals surface area contributed by atoms with Gasteiger partial charge in [0.05, 0.1) is 0 Å². The molecule has 0 atom stereocenters. The number of amidine groups is 1. The van der Waals surface area contributed by atoms with Crippen LogP contribution in [0.2, 0.25) is 0 Å². The number of carbonyl (C=O) groups is 1. The summed E-state index contributed by atoms with van der Waals surface area (Å²) in [5, 5.41) is 7.08. The van der Waals surface area contributed by atoms with Crippen LogP contribution in [0.3, 0.4) is 0 Å². The van der Waals surface area contributed by atoms with E-state index in [1.807, 2.05) is 48.5 Å². The summed E-state index contributed by atoms with van der Waals surface area (Å²) >= 11 is 0. The van der Waals surface area contributed by atoms with E-state index >= 15 is 0 Å². The molecule has 0 fully saturated rings. The van der Waals surface area contributed by atoms with Gasteiger partial charge in [-0.25, -0.2) is 4.79 Å². The van der Waals surface area contributed by atoms with E-state index in [4.69, 9.17) is 4.74 Å². The lowest BCUT2D eigenvalue weighted by atomic mass is 10.2. The molecule has 3 rings (SSSR count). The summed E-state index contributed by atoms with van der Waals surface area (Å²) in [6, 6.07) is 16.6. The molecule has 0 saturated heterocycles. The van der Waals surface area contributed by atoms with Crippen LogP contribution in [0.25, 0.3) is 0 Å². The Morgan fingerprint density at radius 3 is 2.55 bits per heavy atom. The molecule has 5 nitrogen and oxygen atoms in total. The van der Waals surface area contributed by atoms with E-state index in [2.05, 4.69) is 15.2 Å². The quantitative estimate of drug-likeness (QED) is 0.847. The Bertz CT molecular complexity index is 693. The van der Waals surface area contributed by atoms with Gasteiger partial charge in [-0.15, -0.1) is 5.11 Å². The van der Waals surface area contributed by atoms with Crippen LogP contribution in [-0.2, 0) is 6.61 Å². The third-order valence-electron chi connectivity index (χ3n) is 2.77. The number of amides is 2. The molecular weight excluding hydrogens is 254 g/mol. The molecule has 0 spiro atoms. The molecule has 1 heterocycles. The number of carbonyl (C=O) groups excluding carboxylic acids is 1. The van der Waals surface area contributed by atoms with Crippen molar-refractivity contribution in [3.63, 3.8) is 0 Å². The van der Waals surface area contributed by atoms with E-state index in [1.54, 1.807) is 6.07 Å². The summed E-state index contributed by atoms with van der Waals surface area (Å²) in [6.45, 7) is 0.483. The predicted octanol–water partition coefficient (Wildman–Crippen LogP) is 3.60. The van der Waals surface area contributed by atoms with E-state index in [9.17, 15) is 4.79 Å². The number of aliphatic imine (C=N–C) groups is 1. The largest absolute Gasteiger partial charge is 0.489 e. The van der Waals surface area contributed by atoms with Crippen LogP contribution in [0.15, 0.2) is 69.8 Å². The van der Waals surface area contributed by atoms with Crippen molar-refractivity contribution in [2.75, 3.05) is 0 Å². The second kappa shape index (κ2) is 5.44. The first-order valence-electron chi connectivity index (χ1n) is 6.13. The maximum absolute atomic E-state index is 10.9. The number of ether oxygens (including phenoxy) is 1. The Kier molecular flexibility index (Phi) is 3.33. The molecule has 0 aliphatic carbocycles. The zero-order valence-electron chi connectivity index (χ0n) is 10.6. The fraction of sp³-hybridized carbons (Fsp3) is 0.0667. The molecule has 1 aliphatic heterocycles. The minimum Gasteiger partial charge on any atom is -0.489 e. The molecule has 5 heteroatoms. The smallest absolute Gasteiger partial charge is 0.387 e. The number of benzene rings is 2. The Labute approximate surface area is 115 Å². The zero-order valence-corrected chi connectivity index (χ0v) is 10.6. The first-order valence-corrected chi connectivity index (χ1v) is 6.13. The molecule has 1 aliphatic rings. The van der Waals surface area contributed by atoms with Crippen LogP contribution in [0, 0.1) is 0 Å². The molecule has 2 aromatic carbocycles. The van der Waals surface area contributed by atoms with Gasteiger partial charge in [0.25, 0.3) is 0 Å². The lowest BCUT2D eigenvalue weighted by molar-refractivity contribution is 0.257. The lowest BCUT2D eigenvalue weighted by Crippen LogP contribution is -1.98. The molecule has 0 unspecified atom stereocenters. The topological polar surface area (TPSA) is 63.4 Å². The minimum atomic E-state index is -0.574. The predicted molar refractivity (Wildman–Crippen MR) is 74.0 cm³/mol. The van der Waals surface area contributed by atoms with Crippen molar-refractivity contribution in [1.29, 1.82) is 0 Å². The van der Waals surface area contributed by atoms with E-state index in [-0.39, 0.29) is 0 Å². The number of nitrogens with zero attached hydrogens (tertiary/aromatic N) is 3. The first-order chi connectivity index (χ1) is 9.81. The summed E-state index contributed by atoms with van der Waals surface area (Å²) in [5.74, 6) is 1.02. The molecule has 2 amide bonds. The van der Waals surface area contributed by atoms with Crippen molar-refractivity contribution in [1.82, 2.24) is 0 Å². The van der Waals surface area contributed by atoms with Gasteiger partial charge in [0.1, 0.15) is 12.4 Å². The highest BCUT2D eigenvalue weighted by Gasteiger charge is 2.12. The molecular formula is C15H11N3O2. The van der Waals surface area contributed by atoms with Crippen LogP contribution in [-0.4, -0.2) is 11.9 Å². The highest BCUT2D eigenvalue weighted by Crippen LogP contribution is 2.18. The van der Waals surface area contributed by atoms with Gasteiger partial charge in [-0.05, 0) is 17.7 Å². The monoisotopic (exact) mass is 265 g/mol. The van der Waals surface area contributed by atoms with Gasteiger partial charge in [-0.1, -0.05) is 47.6 Å². The minimum absolute atomic E-state index is 0.320. The second-order valence-electron chi connectivity index (χ2n) is 4.22. The summed E-state index contributed by atoms with van der Waals surface area (Å²) in [7, 11) is 0. The molecule has 2 aromatic rings. The van der Waals surface area contributed by atoms with Crippen LogP contribution in [0.1, 0.15) is 11.1 Å². The van der Waals surface area contributed by atoms with Crippen molar-refractivity contribution in [3.8, 4) is 5.75 Å². The lowest BCUT2D eigenvalue weighted by Gasteiger charge is -2.07. The van der Waals surface area contributed by atoms with Crippen molar-refractivity contribution < 1.29 is 9.53 Å². The number of urea groups is 1. The first kappa shape index (κ1) is 12.2. The van der Waals surface area contributed by atoms with E-state index in [1.165, 1.54) is 0 Å². The number of hydrogen-bond acceptors (Lipinski definition) is 3. The van der Waals surface area contributed by atoms with Crippen LogP contribution in [0.5, 0.6) is 5.75 Å². The SMILES string of the molecule is O=C1N=NC(c2cccc(OCc3ccccc3)c2)=N1. The Morgan fingerprint density at radius 2 is 1.80 bits per heavy atom. The highest BCUT2D eigenvalue weighted by atomic mass is 16.5. The number of rotatable bonds is 4. The number of hydrogen-bond donors (Lipinski definition) is 0. The van der Waals surface area contributed by atoms with E-state index in [0.717, 1.165) is 5.56 Å². The third-order valence-corrected chi connectivity index (χ3v) is 2.77. The average molecular weight is 265 g/mol. The van der Waals surface area contributed by atoms with Crippen molar-refractivity contribution in [3.05, 3.63) is 65.7 Å². The van der Waals surface area contributed by atoms with Crippen LogP contribution < -0.4 is 4.74 Å². The standard InChI is InChI=1S/C15H11N3O2/c19-15-16-14(17-18-15)12-7-4-8-13(9-12)20-10-11-5-2-1-3-6-11/h1-9H,10H2. The summed E-state index contributed by atoms with van der Waals surface area (Å²) in [6.07, 6.45) is 0. The molecule has 0 bridgehead atoms. The molecule has 0 aromatic heterocycles. The van der Waals surface area contributed by atoms with Gasteiger partial charge in [0.15, 0.2) is 5.84 Å². The van der Waals surface area contributed by atoms with Crippen molar-refractivity contribution >= 4 is 11.9 Å². The van der Waals surface area contributed by atoms with Gasteiger partial charge in [-0.2, -0.15) is 4.99 Å². The van der Waals surface area contributed by atoms with Crippen LogP contribution in [0.4, 0.5) is 4.79 Å². The molecule has 98 valence electrons. The number of azo groups is 1. The van der Waals surface area contributed by atoms with Gasteiger partial charge in [0.2, 0.25) is 0 Å². The van der Waals surface area contributed by atoms with Crippen molar-refractivity contribution in [2.24, 2.45) is 15.2 Å². The van der Waals surface area contributed by atoms with Gasteiger partial charge in [0, 0.05) is 5.56 Å². The van der Waals surface area contributed by atoms with E-state index in [0.29, 0.717) is 23.8 Å².